The number of likely N-dealkylation sites (tertiary alicyclic amines) is 1. The van der Waals surface area contributed by atoms with Crippen LogP contribution in [0.2, 0.25) is 0 Å². The van der Waals surface area contributed by atoms with E-state index < -0.39 is 0 Å². The van der Waals surface area contributed by atoms with Crippen molar-refractivity contribution in [3.63, 3.8) is 0 Å². The zero-order valence-corrected chi connectivity index (χ0v) is 10.2. The van der Waals surface area contributed by atoms with Gasteiger partial charge in [-0.05, 0) is 57.7 Å². The van der Waals surface area contributed by atoms with Crippen molar-refractivity contribution in [3.8, 4) is 0 Å². The van der Waals surface area contributed by atoms with E-state index in [0.29, 0.717) is 0 Å². The Morgan fingerprint density at radius 3 is 2.87 bits per heavy atom. The fraction of sp³-hybridized carbons (Fsp3) is 1.00. The molecule has 2 aliphatic heterocycles. The van der Waals surface area contributed by atoms with Crippen LogP contribution in [0.5, 0.6) is 0 Å². The Kier molecular flexibility index (Phi) is 4.45. The maximum absolute atomic E-state index is 3.64. The molecule has 0 bridgehead atoms. The molecule has 88 valence electrons. The summed E-state index contributed by atoms with van der Waals surface area (Å²) in [6.07, 6.45) is 8.46. The number of nitrogens with one attached hydrogen (secondary N) is 1. The maximum Gasteiger partial charge on any atom is 0.00792 e. The van der Waals surface area contributed by atoms with Crippen molar-refractivity contribution in [3.05, 3.63) is 0 Å². The zero-order chi connectivity index (χ0) is 10.5. The smallest absolute Gasteiger partial charge is 0.00792 e. The summed E-state index contributed by atoms with van der Waals surface area (Å²) >= 11 is 0. The van der Waals surface area contributed by atoms with E-state index in [4.69, 9.17) is 0 Å². The molecule has 0 amide bonds. The molecule has 0 aromatic carbocycles. The Bertz CT molecular complexity index is 175. The summed E-state index contributed by atoms with van der Waals surface area (Å²) in [6.45, 7) is 7.65. The minimum atomic E-state index is 0.816. The second kappa shape index (κ2) is 5.86. The molecule has 1 N–H and O–H groups in total. The lowest BCUT2D eigenvalue weighted by atomic mass is 9.98. The molecule has 2 nitrogen and oxygen atoms in total. The van der Waals surface area contributed by atoms with Gasteiger partial charge in [0.25, 0.3) is 0 Å². The number of nitrogens with zero attached hydrogens (tertiary/aromatic N) is 1. The average molecular weight is 210 g/mol. The van der Waals surface area contributed by atoms with Gasteiger partial charge in [0.05, 0.1) is 0 Å². The molecule has 2 heterocycles. The molecule has 0 spiro atoms. The van der Waals surface area contributed by atoms with Crippen molar-refractivity contribution in [1.29, 1.82) is 0 Å². The first-order chi connectivity index (χ1) is 7.34. The predicted octanol–water partition coefficient (Wildman–Crippen LogP) is 2.25. The van der Waals surface area contributed by atoms with Gasteiger partial charge in [-0.3, -0.25) is 0 Å². The van der Waals surface area contributed by atoms with Gasteiger partial charge in [0.15, 0.2) is 0 Å². The van der Waals surface area contributed by atoms with Gasteiger partial charge >= 0.3 is 0 Å². The van der Waals surface area contributed by atoms with E-state index in [2.05, 4.69) is 17.1 Å². The fourth-order valence-electron chi connectivity index (χ4n) is 3.00. The van der Waals surface area contributed by atoms with Gasteiger partial charge in [0, 0.05) is 12.6 Å². The van der Waals surface area contributed by atoms with Crippen LogP contribution < -0.4 is 5.32 Å². The van der Waals surface area contributed by atoms with Crippen LogP contribution >= 0.6 is 0 Å². The Labute approximate surface area is 94.4 Å². The maximum atomic E-state index is 3.64. The summed E-state index contributed by atoms with van der Waals surface area (Å²) in [4.78, 5) is 2.67. The Morgan fingerprint density at radius 1 is 1.20 bits per heavy atom. The summed E-state index contributed by atoms with van der Waals surface area (Å²) < 4.78 is 0. The lowest BCUT2D eigenvalue weighted by Gasteiger charge is -2.32. The molecule has 2 fully saturated rings. The van der Waals surface area contributed by atoms with Crippen LogP contribution in [0.1, 0.15) is 45.4 Å². The van der Waals surface area contributed by atoms with Gasteiger partial charge in [-0.1, -0.05) is 13.3 Å². The molecule has 0 aromatic rings. The van der Waals surface area contributed by atoms with Gasteiger partial charge < -0.3 is 10.2 Å². The van der Waals surface area contributed by atoms with Gasteiger partial charge in [-0.15, -0.1) is 0 Å². The summed E-state index contributed by atoms with van der Waals surface area (Å²) in [6, 6.07) is 0.816. The summed E-state index contributed by atoms with van der Waals surface area (Å²) in [7, 11) is 0. The van der Waals surface area contributed by atoms with E-state index in [0.717, 1.165) is 12.0 Å². The lowest BCUT2D eigenvalue weighted by Crippen LogP contribution is -2.40. The highest BCUT2D eigenvalue weighted by Crippen LogP contribution is 2.17. The van der Waals surface area contributed by atoms with Crippen molar-refractivity contribution < 1.29 is 0 Å². The second-order valence-electron chi connectivity index (χ2n) is 5.48. The molecule has 2 saturated heterocycles. The largest absolute Gasteiger partial charge is 0.314 e. The Morgan fingerprint density at radius 2 is 2.13 bits per heavy atom. The molecule has 2 rings (SSSR count). The fourth-order valence-corrected chi connectivity index (χ4v) is 3.00. The summed E-state index contributed by atoms with van der Waals surface area (Å²) in [5.74, 6) is 0.929. The highest BCUT2D eigenvalue weighted by Gasteiger charge is 2.18. The molecule has 15 heavy (non-hydrogen) atoms. The van der Waals surface area contributed by atoms with Crippen molar-refractivity contribution in [2.45, 2.75) is 51.5 Å². The van der Waals surface area contributed by atoms with Crippen LogP contribution in [-0.2, 0) is 0 Å². The van der Waals surface area contributed by atoms with E-state index >= 15 is 0 Å². The van der Waals surface area contributed by atoms with E-state index in [1.54, 1.807) is 0 Å². The van der Waals surface area contributed by atoms with Crippen LogP contribution in [0.4, 0.5) is 0 Å². The van der Waals surface area contributed by atoms with E-state index in [9.17, 15) is 0 Å². The van der Waals surface area contributed by atoms with Crippen LogP contribution in [-0.4, -0.2) is 37.1 Å². The van der Waals surface area contributed by atoms with Gasteiger partial charge in [0.1, 0.15) is 0 Å². The zero-order valence-electron chi connectivity index (χ0n) is 10.2. The van der Waals surface area contributed by atoms with Crippen LogP contribution in [0.25, 0.3) is 0 Å². The lowest BCUT2D eigenvalue weighted by molar-refractivity contribution is 0.172. The van der Waals surface area contributed by atoms with Gasteiger partial charge in [-0.25, -0.2) is 0 Å². The van der Waals surface area contributed by atoms with Crippen LogP contribution in [0.3, 0.4) is 0 Å². The standard InChI is InChI=1S/C13H26N2/c1-12-5-4-9-15(11-12)10-7-13-6-2-3-8-14-13/h12-14H,2-11H2,1H3. The van der Waals surface area contributed by atoms with E-state index in [1.165, 1.54) is 64.7 Å². The van der Waals surface area contributed by atoms with E-state index in [-0.39, 0.29) is 0 Å². The van der Waals surface area contributed by atoms with Crippen LogP contribution in [0.15, 0.2) is 0 Å². The topological polar surface area (TPSA) is 15.3 Å². The molecule has 2 heteroatoms. The number of piperidine rings is 2. The van der Waals surface area contributed by atoms with Gasteiger partial charge in [0.2, 0.25) is 0 Å². The van der Waals surface area contributed by atoms with E-state index in [1.807, 2.05) is 0 Å². The molecule has 2 aliphatic rings. The highest BCUT2D eigenvalue weighted by atomic mass is 15.1. The average Bonchev–Trinajstić information content (AvgIpc) is 2.28. The number of hydrogen-bond acceptors (Lipinski definition) is 2. The van der Waals surface area contributed by atoms with Crippen molar-refractivity contribution >= 4 is 0 Å². The molecule has 2 atom stereocenters. The van der Waals surface area contributed by atoms with Crippen molar-refractivity contribution in [2.75, 3.05) is 26.2 Å². The molecule has 0 radical (unpaired) electrons. The molecular weight excluding hydrogens is 184 g/mol. The third kappa shape index (κ3) is 3.76. The van der Waals surface area contributed by atoms with Crippen molar-refractivity contribution in [1.82, 2.24) is 10.2 Å². The summed E-state index contributed by atoms with van der Waals surface area (Å²) in [5, 5.41) is 3.64. The number of hydrogen-bond donors (Lipinski definition) is 1. The van der Waals surface area contributed by atoms with Gasteiger partial charge in [-0.2, -0.15) is 0 Å². The molecule has 0 aliphatic carbocycles. The number of rotatable bonds is 3. The predicted molar refractivity (Wildman–Crippen MR) is 65.1 cm³/mol. The first kappa shape index (κ1) is 11.4. The first-order valence-corrected chi connectivity index (χ1v) is 6.80. The minimum Gasteiger partial charge on any atom is -0.314 e. The Balaban J connectivity index is 1.63. The first-order valence-electron chi connectivity index (χ1n) is 6.80. The molecular formula is C13H26N2. The molecule has 0 aromatic heterocycles. The molecule has 0 saturated carbocycles. The third-order valence-corrected chi connectivity index (χ3v) is 3.95. The summed E-state index contributed by atoms with van der Waals surface area (Å²) in [5.41, 5.74) is 0. The molecule has 2 unspecified atom stereocenters. The quantitative estimate of drug-likeness (QED) is 0.768. The normalized spacial score (nSPS) is 34.2. The SMILES string of the molecule is CC1CCCN(CCC2CCCCN2)C1. The third-order valence-electron chi connectivity index (χ3n) is 3.95. The Hall–Kier alpha value is -0.0800. The van der Waals surface area contributed by atoms with Crippen LogP contribution in [0, 0.1) is 5.92 Å². The second-order valence-corrected chi connectivity index (χ2v) is 5.48. The van der Waals surface area contributed by atoms with Crippen molar-refractivity contribution in [2.24, 2.45) is 5.92 Å². The monoisotopic (exact) mass is 210 g/mol. The highest BCUT2D eigenvalue weighted by molar-refractivity contribution is 4.76. The minimum absolute atomic E-state index is 0.816.